The Morgan fingerprint density at radius 3 is 2.08 bits per heavy atom. The Balaban J connectivity index is 0.000000211. The van der Waals surface area contributed by atoms with E-state index in [4.69, 9.17) is 5.11 Å². The molecule has 0 fully saturated rings. The maximum absolute atomic E-state index is 8.68. The van der Waals surface area contributed by atoms with E-state index < -0.39 is 0 Å². The van der Waals surface area contributed by atoms with Gasteiger partial charge in [0, 0.05) is 0 Å². The number of aliphatic hydroxyl groups excluding tert-OH is 1. The zero-order valence-corrected chi connectivity index (χ0v) is 8.68. The zero-order chi connectivity index (χ0) is 9.23. The monoisotopic (exact) mass is 186 g/mol. The molecule has 0 spiro atoms. The van der Waals surface area contributed by atoms with Gasteiger partial charge < -0.3 is 5.11 Å². The largest absolute Gasteiger partial charge is 0.393 e. The van der Waals surface area contributed by atoms with Crippen molar-refractivity contribution in [3.63, 3.8) is 0 Å². The molecule has 0 aliphatic carbocycles. The molecule has 1 unspecified atom stereocenters. The summed E-state index contributed by atoms with van der Waals surface area (Å²) in [5.41, 5.74) is 0. The minimum atomic E-state index is -0.0973. The fraction of sp³-hybridized carbons (Fsp3) is 0.600. The topological polar surface area (TPSA) is 20.2 Å². The molecule has 0 amide bonds. The second-order valence-electron chi connectivity index (χ2n) is 2.78. The van der Waals surface area contributed by atoms with Crippen molar-refractivity contribution >= 4 is 11.3 Å². The molecular formula is C10H18OS. The van der Waals surface area contributed by atoms with E-state index in [0.717, 1.165) is 12.8 Å². The quantitative estimate of drug-likeness (QED) is 0.768. The highest BCUT2D eigenvalue weighted by molar-refractivity contribution is 7.07. The van der Waals surface area contributed by atoms with Crippen LogP contribution in [0.2, 0.25) is 0 Å². The highest BCUT2D eigenvalue weighted by Gasteiger charge is 1.90. The van der Waals surface area contributed by atoms with Crippen molar-refractivity contribution in [1.29, 1.82) is 0 Å². The van der Waals surface area contributed by atoms with Gasteiger partial charge in [-0.15, -0.1) is 0 Å². The van der Waals surface area contributed by atoms with E-state index in [1.54, 1.807) is 11.3 Å². The Labute approximate surface area is 79.1 Å². The smallest absolute Gasteiger partial charge is 0.0512 e. The van der Waals surface area contributed by atoms with Crippen molar-refractivity contribution in [2.24, 2.45) is 0 Å². The number of aliphatic hydroxyl groups is 1. The van der Waals surface area contributed by atoms with E-state index in [-0.39, 0.29) is 6.10 Å². The van der Waals surface area contributed by atoms with Crippen LogP contribution in [0.5, 0.6) is 0 Å². The molecule has 1 heterocycles. The third kappa shape index (κ3) is 9.66. The molecule has 1 rings (SSSR count). The van der Waals surface area contributed by atoms with Gasteiger partial charge in [-0.1, -0.05) is 31.9 Å². The Kier molecular flexibility index (Phi) is 8.51. The van der Waals surface area contributed by atoms with Gasteiger partial charge in [-0.05, 0) is 24.1 Å². The lowest BCUT2D eigenvalue weighted by molar-refractivity contribution is 0.181. The third-order valence-electron chi connectivity index (χ3n) is 1.40. The molecule has 1 atom stereocenters. The van der Waals surface area contributed by atoms with Crippen molar-refractivity contribution in [2.45, 2.75) is 39.2 Å². The molecule has 0 aliphatic rings. The normalized spacial score (nSPS) is 11.6. The summed E-state index contributed by atoms with van der Waals surface area (Å²) in [6.45, 7) is 3.96. The molecule has 1 aromatic heterocycles. The first kappa shape index (κ1) is 11.7. The van der Waals surface area contributed by atoms with Gasteiger partial charge >= 0.3 is 0 Å². The summed E-state index contributed by atoms with van der Waals surface area (Å²) in [4.78, 5) is 0. The predicted molar refractivity (Wildman–Crippen MR) is 55.5 cm³/mol. The number of hydrogen-bond acceptors (Lipinski definition) is 2. The van der Waals surface area contributed by atoms with Crippen LogP contribution in [0.3, 0.4) is 0 Å². The Morgan fingerprint density at radius 1 is 1.33 bits per heavy atom. The first-order valence-electron chi connectivity index (χ1n) is 4.42. The SMILES string of the molecule is CCCCC(C)O.c1ccsc1. The fourth-order valence-corrected chi connectivity index (χ4v) is 1.18. The molecule has 1 nitrogen and oxygen atoms in total. The maximum Gasteiger partial charge on any atom is 0.0512 e. The van der Waals surface area contributed by atoms with Gasteiger partial charge in [0.15, 0.2) is 0 Å². The molecule has 1 aromatic rings. The second kappa shape index (κ2) is 8.75. The summed E-state index contributed by atoms with van der Waals surface area (Å²) >= 11 is 1.71. The molecule has 0 aliphatic heterocycles. The average Bonchev–Trinajstić information content (AvgIpc) is 2.57. The Morgan fingerprint density at radius 2 is 1.92 bits per heavy atom. The van der Waals surface area contributed by atoms with Crippen LogP contribution < -0.4 is 0 Å². The summed E-state index contributed by atoms with van der Waals surface area (Å²) in [6, 6.07) is 4.04. The van der Waals surface area contributed by atoms with Gasteiger partial charge in [0.25, 0.3) is 0 Å². The van der Waals surface area contributed by atoms with E-state index in [1.165, 1.54) is 6.42 Å². The predicted octanol–water partition coefficient (Wildman–Crippen LogP) is 3.31. The minimum absolute atomic E-state index is 0.0973. The maximum atomic E-state index is 8.68. The Bertz CT molecular complexity index is 130. The molecule has 2 heteroatoms. The Hall–Kier alpha value is -0.340. The highest BCUT2D eigenvalue weighted by atomic mass is 32.1. The van der Waals surface area contributed by atoms with E-state index >= 15 is 0 Å². The lowest BCUT2D eigenvalue weighted by Gasteiger charge is -1.98. The average molecular weight is 186 g/mol. The van der Waals surface area contributed by atoms with Gasteiger partial charge in [0.1, 0.15) is 0 Å². The lowest BCUT2D eigenvalue weighted by atomic mass is 10.2. The van der Waals surface area contributed by atoms with Gasteiger partial charge in [-0.25, -0.2) is 0 Å². The molecule has 12 heavy (non-hydrogen) atoms. The number of unbranched alkanes of at least 4 members (excludes halogenated alkanes) is 1. The lowest BCUT2D eigenvalue weighted by Crippen LogP contribution is -1.97. The van der Waals surface area contributed by atoms with Crippen molar-refractivity contribution in [3.8, 4) is 0 Å². The molecular weight excluding hydrogens is 168 g/mol. The van der Waals surface area contributed by atoms with E-state index in [2.05, 4.69) is 6.92 Å². The standard InChI is InChI=1S/C6H14O.C4H4S/c1-3-4-5-6(2)7;1-2-4-5-3-1/h6-7H,3-5H2,1-2H3;1-4H. The molecule has 0 bridgehead atoms. The van der Waals surface area contributed by atoms with Crippen LogP contribution in [0.15, 0.2) is 22.9 Å². The summed E-state index contributed by atoms with van der Waals surface area (Å²) in [7, 11) is 0. The summed E-state index contributed by atoms with van der Waals surface area (Å²) in [5, 5.41) is 12.8. The first-order valence-corrected chi connectivity index (χ1v) is 5.37. The van der Waals surface area contributed by atoms with Gasteiger partial charge in [-0.3, -0.25) is 0 Å². The van der Waals surface area contributed by atoms with Gasteiger partial charge in [0.05, 0.1) is 6.10 Å². The van der Waals surface area contributed by atoms with E-state index in [9.17, 15) is 0 Å². The summed E-state index contributed by atoms with van der Waals surface area (Å²) < 4.78 is 0. The minimum Gasteiger partial charge on any atom is -0.393 e. The molecule has 70 valence electrons. The van der Waals surface area contributed by atoms with Gasteiger partial charge in [-0.2, -0.15) is 11.3 Å². The molecule has 0 saturated heterocycles. The first-order chi connectivity index (χ1) is 5.77. The van der Waals surface area contributed by atoms with Crippen molar-refractivity contribution in [1.82, 2.24) is 0 Å². The van der Waals surface area contributed by atoms with Crippen molar-refractivity contribution in [3.05, 3.63) is 22.9 Å². The number of thiophene rings is 1. The second-order valence-corrected chi connectivity index (χ2v) is 3.60. The molecule has 1 N–H and O–H groups in total. The molecule has 0 radical (unpaired) electrons. The number of rotatable bonds is 3. The molecule has 0 saturated carbocycles. The van der Waals surface area contributed by atoms with E-state index in [1.807, 2.05) is 29.8 Å². The van der Waals surface area contributed by atoms with E-state index in [0.29, 0.717) is 0 Å². The van der Waals surface area contributed by atoms with Crippen LogP contribution in [-0.2, 0) is 0 Å². The van der Waals surface area contributed by atoms with Crippen LogP contribution in [0.4, 0.5) is 0 Å². The zero-order valence-electron chi connectivity index (χ0n) is 7.86. The van der Waals surface area contributed by atoms with Crippen LogP contribution in [-0.4, -0.2) is 11.2 Å². The van der Waals surface area contributed by atoms with Crippen LogP contribution in [0.25, 0.3) is 0 Å². The third-order valence-corrected chi connectivity index (χ3v) is 2.03. The van der Waals surface area contributed by atoms with Gasteiger partial charge in [0.2, 0.25) is 0 Å². The van der Waals surface area contributed by atoms with Crippen LogP contribution in [0, 0.1) is 0 Å². The van der Waals surface area contributed by atoms with Crippen molar-refractivity contribution in [2.75, 3.05) is 0 Å². The summed E-state index contributed by atoms with van der Waals surface area (Å²) in [5.74, 6) is 0. The fourth-order valence-electron chi connectivity index (χ4n) is 0.726. The van der Waals surface area contributed by atoms with Crippen LogP contribution >= 0.6 is 11.3 Å². The van der Waals surface area contributed by atoms with Crippen LogP contribution in [0.1, 0.15) is 33.1 Å². The number of hydrogen-bond donors (Lipinski definition) is 1. The summed E-state index contributed by atoms with van der Waals surface area (Å²) in [6.07, 6.45) is 3.19. The van der Waals surface area contributed by atoms with Crippen molar-refractivity contribution < 1.29 is 5.11 Å². The molecule has 0 aromatic carbocycles. The highest BCUT2D eigenvalue weighted by Crippen LogP contribution is 1.97.